The highest BCUT2D eigenvalue weighted by atomic mass is 32.1. The molecule has 9 nitrogen and oxygen atoms in total. The topological polar surface area (TPSA) is 105 Å². The average molecular weight is 561 g/mol. The third kappa shape index (κ3) is 5.88. The number of hydrogen-bond acceptors (Lipinski definition) is 7. The van der Waals surface area contributed by atoms with Gasteiger partial charge in [-0.15, -0.1) is 11.3 Å². The van der Waals surface area contributed by atoms with Crippen molar-refractivity contribution < 1.29 is 14.0 Å². The molecule has 5 rings (SSSR count). The number of rotatable bonds is 9. The van der Waals surface area contributed by atoms with Crippen molar-refractivity contribution >= 4 is 40.1 Å². The predicted octanol–water partition coefficient (Wildman–Crippen LogP) is 5.71. The van der Waals surface area contributed by atoms with E-state index in [1.54, 1.807) is 12.3 Å². The van der Waals surface area contributed by atoms with E-state index in [0.29, 0.717) is 42.3 Å². The van der Waals surface area contributed by atoms with Gasteiger partial charge in [0.15, 0.2) is 12.2 Å². The summed E-state index contributed by atoms with van der Waals surface area (Å²) in [5.74, 6) is 0.753. The first-order chi connectivity index (χ1) is 19.1. The van der Waals surface area contributed by atoms with Crippen molar-refractivity contribution in [3.8, 4) is 10.6 Å². The lowest BCUT2D eigenvalue weighted by atomic mass is 9.88. The van der Waals surface area contributed by atoms with Gasteiger partial charge >= 0.3 is 0 Å². The standard InChI is InChI=1S/C30H36N6O3S/c1-6-27(37)35-13-7-8-21(35)17-36-23-10-9-20(15-32-19(2)30(3,4)5)14-22(23)33-29(36)34-28(38)26-12-11-25(40-26)24-16-31-18-39-24/h6,9-12,14,16,18-19,21,32H,1,7-8,13,15,17H2,2-5H3,(H,33,34,38)/t19-,21+/m0/s1. The zero-order valence-corrected chi connectivity index (χ0v) is 24.3. The molecule has 4 aromatic rings. The highest BCUT2D eigenvalue weighted by Crippen LogP contribution is 2.30. The molecule has 4 heterocycles. The summed E-state index contributed by atoms with van der Waals surface area (Å²) in [6.45, 7) is 14.5. The van der Waals surface area contributed by atoms with Gasteiger partial charge in [-0.2, -0.15) is 0 Å². The van der Waals surface area contributed by atoms with E-state index >= 15 is 0 Å². The van der Waals surface area contributed by atoms with E-state index in [-0.39, 0.29) is 23.3 Å². The molecule has 40 heavy (non-hydrogen) atoms. The Bertz CT molecular complexity index is 1510. The molecule has 1 fully saturated rings. The average Bonchev–Trinajstić information content (AvgIpc) is 3.73. The van der Waals surface area contributed by atoms with Crippen LogP contribution in [0.4, 0.5) is 5.95 Å². The highest BCUT2D eigenvalue weighted by molar-refractivity contribution is 7.17. The zero-order valence-electron chi connectivity index (χ0n) is 23.4. The molecule has 1 aliphatic heterocycles. The van der Waals surface area contributed by atoms with E-state index in [2.05, 4.69) is 68.1 Å². The monoisotopic (exact) mass is 560 g/mol. The van der Waals surface area contributed by atoms with Crippen LogP contribution in [0.5, 0.6) is 0 Å². The number of aromatic nitrogens is 3. The van der Waals surface area contributed by atoms with E-state index in [1.165, 1.54) is 23.8 Å². The van der Waals surface area contributed by atoms with E-state index in [1.807, 2.05) is 15.5 Å². The van der Waals surface area contributed by atoms with E-state index in [4.69, 9.17) is 9.40 Å². The van der Waals surface area contributed by atoms with Gasteiger partial charge < -0.3 is 19.2 Å². The summed E-state index contributed by atoms with van der Waals surface area (Å²) in [5, 5.41) is 6.64. The number of benzene rings is 1. The van der Waals surface area contributed by atoms with Crippen LogP contribution < -0.4 is 10.6 Å². The third-order valence-electron chi connectivity index (χ3n) is 7.68. The molecule has 2 amide bonds. The van der Waals surface area contributed by atoms with E-state index in [0.717, 1.165) is 34.3 Å². The number of thiophene rings is 1. The number of oxazole rings is 1. The summed E-state index contributed by atoms with van der Waals surface area (Å²) < 4.78 is 7.39. The fraction of sp³-hybridized carbons (Fsp3) is 0.400. The Kier molecular flexibility index (Phi) is 7.91. The van der Waals surface area contributed by atoms with Crippen LogP contribution >= 0.6 is 11.3 Å². The van der Waals surface area contributed by atoms with Gasteiger partial charge in [-0.1, -0.05) is 33.4 Å². The van der Waals surface area contributed by atoms with Crippen LogP contribution in [0.1, 0.15) is 55.8 Å². The van der Waals surface area contributed by atoms with Crippen LogP contribution in [0.2, 0.25) is 0 Å². The van der Waals surface area contributed by atoms with Crippen molar-refractivity contribution in [2.75, 3.05) is 11.9 Å². The number of amides is 2. The number of anilines is 1. The summed E-state index contributed by atoms with van der Waals surface area (Å²) in [6, 6.07) is 10.2. The zero-order chi connectivity index (χ0) is 28.4. The second kappa shape index (κ2) is 11.4. The van der Waals surface area contributed by atoms with Crippen LogP contribution in [-0.4, -0.2) is 49.9 Å². The normalized spacial score (nSPS) is 16.4. The number of carbonyl (C=O) groups excluding carboxylic acids is 2. The quantitative estimate of drug-likeness (QED) is 0.254. The molecule has 1 aliphatic rings. The Morgan fingerprint density at radius 1 is 1.27 bits per heavy atom. The molecule has 2 atom stereocenters. The van der Waals surface area contributed by atoms with Gasteiger partial charge in [0.25, 0.3) is 5.91 Å². The molecule has 0 saturated carbocycles. The van der Waals surface area contributed by atoms with Crippen LogP contribution in [0.25, 0.3) is 21.7 Å². The number of imidazole rings is 1. The second-order valence-corrected chi connectivity index (χ2v) is 12.4. The molecule has 0 aliphatic carbocycles. The lowest BCUT2D eigenvalue weighted by molar-refractivity contribution is -0.126. The lowest BCUT2D eigenvalue weighted by Crippen LogP contribution is -2.37. The first kappa shape index (κ1) is 27.8. The molecule has 2 N–H and O–H groups in total. The smallest absolute Gasteiger partial charge is 0.268 e. The molecule has 0 unspecified atom stereocenters. The number of carbonyl (C=O) groups is 2. The molecule has 3 aromatic heterocycles. The van der Waals surface area contributed by atoms with Gasteiger partial charge in [0.1, 0.15) is 0 Å². The molecule has 0 radical (unpaired) electrons. The minimum Gasteiger partial charge on any atom is -0.443 e. The molecule has 1 saturated heterocycles. The number of fused-ring (bicyclic) bond motifs is 1. The fourth-order valence-electron chi connectivity index (χ4n) is 4.88. The minimum absolute atomic E-state index is 0.00711. The summed E-state index contributed by atoms with van der Waals surface area (Å²) >= 11 is 1.33. The van der Waals surface area contributed by atoms with Gasteiger partial charge in [0, 0.05) is 25.7 Å². The number of hydrogen-bond donors (Lipinski definition) is 2. The number of nitrogens with zero attached hydrogens (tertiary/aromatic N) is 4. The van der Waals surface area contributed by atoms with Crippen LogP contribution in [-0.2, 0) is 17.9 Å². The second-order valence-electron chi connectivity index (χ2n) is 11.4. The summed E-state index contributed by atoms with van der Waals surface area (Å²) in [4.78, 5) is 37.9. The molecule has 210 valence electrons. The Hall–Kier alpha value is -3.76. The van der Waals surface area contributed by atoms with Crippen LogP contribution in [0.3, 0.4) is 0 Å². The highest BCUT2D eigenvalue weighted by Gasteiger charge is 2.29. The fourth-order valence-corrected chi connectivity index (χ4v) is 5.73. The summed E-state index contributed by atoms with van der Waals surface area (Å²) in [7, 11) is 0. The maximum absolute atomic E-state index is 13.3. The van der Waals surface area contributed by atoms with Crippen molar-refractivity contribution in [1.82, 2.24) is 24.8 Å². The van der Waals surface area contributed by atoms with E-state index in [9.17, 15) is 9.59 Å². The van der Waals surface area contributed by atoms with Gasteiger partial charge in [0.05, 0.1) is 33.0 Å². The first-order valence-electron chi connectivity index (χ1n) is 13.6. The van der Waals surface area contributed by atoms with Crippen molar-refractivity contribution in [1.29, 1.82) is 0 Å². The third-order valence-corrected chi connectivity index (χ3v) is 8.78. The molecule has 0 bridgehead atoms. The molecular formula is C30H36N6O3S. The Morgan fingerprint density at radius 3 is 2.83 bits per heavy atom. The summed E-state index contributed by atoms with van der Waals surface area (Å²) in [5.41, 5.74) is 2.97. The molecular weight excluding hydrogens is 524 g/mol. The Morgan fingerprint density at radius 2 is 2.10 bits per heavy atom. The van der Waals surface area contributed by atoms with Gasteiger partial charge in [-0.25, -0.2) is 9.97 Å². The van der Waals surface area contributed by atoms with Gasteiger partial charge in [-0.05, 0) is 61.1 Å². The van der Waals surface area contributed by atoms with Crippen molar-refractivity contribution in [2.45, 2.75) is 65.7 Å². The minimum atomic E-state index is -0.251. The molecule has 1 aromatic carbocycles. The molecule has 10 heteroatoms. The van der Waals surface area contributed by atoms with Crippen LogP contribution in [0.15, 0.2) is 60.0 Å². The largest absolute Gasteiger partial charge is 0.443 e. The maximum Gasteiger partial charge on any atom is 0.268 e. The SMILES string of the molecule is C=CC(=O)N1CCC[C@@H]1Cn1c(NC(=O)c2ccc(-c3cnco3)s2)nc2cc(CN[C@@H](C)C(C)(C)C)ccc21. The number of nitrogens with one attached hydrogen (secondary N) is 2. The van der Waals surface area contributed by atoms with Crippen molar-refractivity contribution in [3.63, 3.8) is 0 Å². The first-order valence-corrected chi connectivity index (χ1v) is 14.4. The van der Waals surface area contributed by atoms with Gasteiger partial charge in [-0.3, -0.25) is 14.9 Å². The number of likely N-dealkylation sites (tertiary alicyclic amines) is 1. The Balaban J connectivity index is 1.44. The van der Waals surface area contributed by atoms with Crippen molar-refractivity contribution in [2.24, 2.45) is 5.41 Å². The lowest BCUT2D eigenvalue weighted by Gasteiger charge is -2.28. The predicted molar refractivity (Wildman–Crippen MR) is 158 cm³/mol. The molecule has 0 spiro atoms. The summed E-state index contributed by atoms with van der Waals surface area (Å²) in [6.07, 6.45) is 6.17. The maximum atomic E-state index is 13.3. The van der Waals surface area contributed by atoms with Gasteiger partial charge in [0.2, 0.25) is 11.9 Å². The Labute approximate surface area is 238 Å². The van der Waals surface area contributed by atoms with E-state index < -0.39 is 0 Å². The van der Waals surface area contributed by atoms with Crippen molar-refractivity contribution in [3.05, 3.63) is 66.0 Å². The van der Waals surface area contributed by atoms with Crippen LogP contribution in [0, 0.1) is 5.41 Å².